The fourth-order valence-electron chi connectivity index (χ4n) is 1.40. The molecule has 0 atom stereocenters. The molecular formula is C15H17NO2. The summed E-state index contributed by atoms with van der Waals surface area (Å²) in [5.74, 6) is 0. The van der Waals surface area contributed by atoms with Crippen LogP contribution >= 0.6 is 0 Å². The van der Waals surface area contributed by atoms with Crippen LogP contribution in [0.4, 0.5) is 4.79 Å². The zero-order valence-electron chi connectivity index (χ0n) is 10.4. The number of primary amides is 1. The van der Waals surface area contributed by atoms with E-state index < -0.39 is 6.09 Å². The number of hydrogen-bond donors (Lipinski definition) is 1. The lowest BCUT2D eigenvalue weighted by Gasteiger charge is -1.98. The Labute approximate surface area is 107 Å². The molecule has 0 aliphatic rings. The molecule has 0 heterocycles. The topological polar surface area (TPSA) is 52.3 Å². The molecule has 0 spiro atoms. The van der Waals surface area contributed by atoms with Gasteiger partial charge in [0.05, 0.1) is 6.61 Å². The van der Waals surface area contributed by atoms with Crippen LogP contribution in [-0.2, 0) is 4.74 Å². The van der Waals surface area contributed by atoms with E-state index in [0.717, 1.165) is 0 Å². The van der Waals surface area contributed by atoms with E-state index in [4.69, 9.17) is 0 Å². The van der Waals surface area contributed by atoms with Crippen LogP contribution < -0.4 is 5.73 Å². The van der Waals surface area contributed by atoms with Gasteiger partial charge in [-0.3, -0.25) is 0 Å². The van der Waals surface area contributed by atoms with Crippen LogP contribution in [0.3, 0.4) is 0 Å². The molecule has 0 bridgehead atoms. The summed E-state index contributed by atoms with van der Waals surface area (Å²) in [6.07, 6.45) is -0.711. The highest BCUT2D eigenvalue weighted by molar-refractivity contribution is 5.64. The summed E-state index contributed by atoms with van der Waals surface area (Å²) in [5, 5.41) is 0. The van der Waals surface area contributed by atoms with Crippen molar-refractivity contribution in [1.29, 1.82) is 0 Å². The number of nitrogens with two attached hydrogens (primary N) is 1. The predicted octanol–water partition coefficient (Wildman–Crippen LogP) is 3.46. The molecule has 0 unspecified atom stereocenters. The second kappa shape index (κ2) is 7.90. The average molecular weight is 243 g/mol. The lowest BCUT2D eigenvalue weighted by molar-refractivity contribution is 0.163. The largest absolute Gasteiger partial charge is 0.450 e. The van der Waals surface area contributed by atoms with Gasteiger partial charge in [-0.05, 0) is 18.1 Å². The van der Waals surface area contributed by atoms with E-state index in [2.05, 4.69) is 59.0 Å². The Morgan fingerprint density at radius 2 is 1.33 bits per heavy atom. The number of carbonyl (C=O) groups excluding carboxylic acids is 1. The van der Waals surface area contributed by atoms with Gasteiger partial charge in [0.25, 0.3) is 0 Å². The minimum Gasteiger partial charge on any atom is -0.450 e. The SMILES string of the molecule is CCOC(N)=O.c1ccc(-c2ccccc2)cc1. The van der Waals surface area contributed by atoms with Crippen molar-refractivity contribution in [2.24, 2.45) is 5.73 Å². The second-order valence-corrected chi connectivity index (χ2v) is 3.48. The van der Waals surface area contributed by atoms with Gasteiger partial charge in [-0.25, -0.2) is 4.79 Å². The standard InChI is InChI=1S/C12H10.C3H7NO2/c1-3-7-11(8-4-1)12-9-5-2-6-10-12;1-2-6-3(4)5/h1-10H;2H2,1H3,(H2,4,5). The van der Waals surface area contributed by atoms with Crippen LogP contribution in [0.5, 0.6) is 0 Å². The minimum absolute atomic E-state index is 0.356. The lowest BCUT2D eigenvalue weighted by Crippen LogP contribution is -2.11. The molecule has 0 fully saturated rings. The van der Waals surface area contributed by atoms with Gasteiger partial charge in [-0.2, -0.15) is 0 Å². The molecule has 0 aliphatic heterocycles. The number of amides is 1. The molecule has 0 aliphatic carbocycles. The summed E-state index contributed by atoms with van der Waals surface area (Å²) in [6, 6.07) is 20.8. The summed E-state index contributed by atoms with van der Waals surface area (Å²) < 4.78 is 4.18. The van der Waals surface area contributed by atoms with Crippen LogP contribution in [0, 0.1) is 0 Å². The second-order valence-electron chi connectivity index (χ2n) is 3.48. The normalized spacial score (nSPS) is 8.94. The van der Waals surface area contributed by atoms with Crippen molar-refractivity contribution in [3.8, 4) is 11.1 Å². The van der Waals surface area contributed by atoms with Gasteiger partial charge < -0.3 is 10.5 Å². The Morgan fingerprint density at radius 1 is 0.944 bits per heavy atom. The molecule has 3 heteroatoms. The highest BCUT2D eigenvalue weighted by atomic mass is 16.5. The first-order valence-electron chi connectivity index (χ1n) is 5.76. The summed E-state index contributed by atoms with van der Waals surface area (Å²) in [6.45, 7) is 2.06. The van der Waals surface area contributed by atoms with Crippen molar-refractivity contribution < 1.29 is 9.53 Å². The third kappa shape index (κ3) is 5.16. The van der Waals surface area contributed by atoms with Crippen molar-refractivity contribution in [3.63, 3.8) is 0 Å². The Kier molecular flexibility index (Phi) is 6.04. The number of hydrogen-bond acceptors (Lipinski definition) is 2. The smallest absolute Gasteiger partial charge is 0.404 e. The van der Waals surface area contributed by atoms with Gasteiger partial charge in [0.1, 0.15) is 0 Å². The van der Waals surface area contributed by atoms with Gasteiger partial charge >= 0.3 is 6.09 Å². The molecule has 2 N–H and O–H groups in total. The van der Waals surface area contributed by atoms with Crippen molar-refractivity contribution in [1.82, 2.24) is 0 Å². The molecule has 0 radical (unpaired) electrons. The Hall–Kier alpha value is -2.29. The van der Waals surface area contributed by atoms with E-state index in [1.165, 1.54) is 11.1 Å². The first kappa shape index (κ1) is 13.8. The van der Waals surface area contributed by atoms with Gasteiger partial charge in [0.2, 0.25) is 0 Å². The molecule has 3 nitrogen and oxygen atoms in total. The van der Waals surface area contributed by atoms with E-state index in [1.54, 1.807) is 6.92 Å². The number of carbonyl (C=O) groups is 1. The zero-order chi connectivity index (χ0) is 13.2. The third-order valence-corrected chi connectivity index (χ3v) is 2.17. The Balaban J connectivity index is 0.000000232. The maximum Gasteiger partial charge on any atom is 0.404 e. The highest BCUT2D eigenvalue weighted by Gasteiger charge is 1.91. The van der Waals surface area contributed by atoms with Gasteiger partial charge in [0, 0.05) is 0 Å². The monoisotopic (exact) mass is 243 g/mol. The maximum absolute atomic E-state index is 9.60. The van der Waals surface area contributed by atoms with Crippen molar-refractivity contribution in [3.05, 3.63) is 60.7 Å². The number of benzene rings is 2. The van der Waals surface area contributed by atoms with E-state index in [0.29, 0.717) is 6.61 Å². The van der Waals surface area contributed by atoms with Crippen molar-refractivity contribution in [2.45, 2.75) is 6.92 Å². The minimum atomic E-state index is -0.711. The van der Waals surface area contributed by atoms with E-state index in [9.17, 15) is 4.79 Å². The summed E-state index contributed by atoms with van der Waals surface area (Å²) in [4.78, 5) is 9.60. The Bertz CT molecular complexity index is 417. The molecule has 2 aromatic carbocycles. The third-order valence-electron chi connectivity index (χ3n) is 2.17. The van der Waals surface area contributed by atoms with Crippen LogP contribution in [0.25, 0.3) is 11.1 Å². The maximum atomic E-state index is 9.60. The van der Waals surface area contributed by atoms with E-state index in [-0.39, 0.29) is 0 Å². The average Bonchev–Trinajstić information content (AvgIpc) is 2.41. The molecule has 18 heavy (non-hydrogen) atoms. The molecule has 0 saturated heterocycles. The zero-order valence-corrected chi connectivity index (χ0v) is 10.4. The molecule has 94 valence electrons. The van der Waals surface area contributed by atoms with Crippen LogP contribution in [0.1, 0.15) is 6.92 Å². The summed E-state index contributed by atoms with van der Waals surface area (Å²) >= 11 is 0. The molecular weight excluding hydrogens is 226 g/mol. The quantitative estimate of drug-likeness (QED) is 0.878. The summed E-state index contributed by atoms with van der Waals surface area (Å²) in [5.41, 5.74) is 7.09. The highest BCUT2D eigenvalue weighted by Crippen LogP contribution is 2.17. The van der Waals surface area contributed by atoms with Gasteiger partial charge in [0.15, 0.2) is 0 Å². The Morgan fingerprint density at radius 3 is 1.56 bits per heavy atom. The lowest BCUT2D eigenvalue weighted by atomic mass is 10.1. The van der Waals surface area contributed by atoms with Crippen molar-refractivity contribution in [2.75, 3.05) is 6.61 Å². The number of rotatable bonds is 2. The molecule has 2 aromatic rings. The first-order valence-corrected chi connectivity index (χ1v) is 5.76. The number of ether oxygens (including phenoxy) is 1. The van der Waals surface area contributed by atoms with E-state index >= 15 is 0 Å². The van der Waals surface area contributed by atoms with E-state index in [1.807, 2.05) is 12.1 Å². The van der Waals surface area contributed by atoms with Crippen molar-refractivity contribution >= 4 is 6.09 Å². The molecule has 2 rings (SSSR count). The van der Waals surface area contributed by atoms with Gasteiger partial charge in [-0.15, -0.1) is 0 Å². The van der Waals surface area contributed by atoms with Crippen LogP contribution in [0.15, 0.2) is 60.7 Å². The summed E-state index contributed by atoms with van der Waals surface area (Å²) in [7, 11) is 0. The van der Waals surface area contributed by atoms with Gasteiger partial charge in [-0.1, -0.05) is 60.7 Å². The van der Waals surface area contributed by atoms with Crippen LogP contribution in [-0.4, -0.2) is 12.7 Å². The molecule has 0 aromatic heterocycles. The first-order chi connectivity index (χ1) is 8.74. The fourth-order valence-corrected chi connectivity index (χ4v) is 1.40. The van der Waals surface area contributed by atoms with Crippen LogP contribution in [0.2, 0.25) is 0 Å². The fraction of sp³-hybridized carbons (Fsp3) is 0.133. The molecule has 1 amide bonds. The molecule has 0 saturated carbocycles. The predicted molar refractivity (Wildman–Crippen MR) is 73.1 cm³/mol.